The first-order valence-electron chi connectivity index (χ1n) is 6.75. The molecule has 0 radical (unpaired) electrons. The third kappa shape index (κ3) is 6.42. The van der Waals surface area contributed by atoms with Crippen molar-refractivity contribution in [1.29, 1.82) is 0 Å². The van der Waals surface area contributed by atoms with E-state index in [9.17, 15) is 9.59 Å². The molecule has 1 heterocycles. The predicted octanol–water partition coefficient (Wildman–Crippen LogP) is 0.881. The van der Waals surface area contributed by atoms with Crippen LogP contribution in [0.25, 0.3) is 0 Å². The summed E-state index contributed by atoms with van der Waals surface area (Å²) in [5, 5.41) is 14.3. The summed E-state index contributed by atoms with van der Waals surface area (Å²) in [6, 6.07) is -0.218. The Kier molecular flexibility index (Phi) is 5.60. The van der Waals surface area contributed by atoms with Gasteiger partial charge in [-0.05, 0) is 46.2 Å². The number of aliphatic carboxylic acids is 1. The summed E-state index contributed by atoms with van der Waals surface area (Å²) in [5.74, 6) is -0.331. The Labute approximate surface area is 114 Å². The smallest absolute Gasteiger partial charge is 0.315 e. The maximum absolute atomic E-state index is 11.8. The largest absolute Gasteiger partial charge is 0.481 e. The average Bonchev–Trinajstić information content (AvgIpc) is 2.69. The Hall–Kier alpha value is -1.30. The van der Waals surface area contributed by atoms with Crippen LogP contribution in [0.15, 0.2) is 0 Å². The summed E-state index contributed by atoms with van der Waals surface area (Å²) in [5.41, 5.74) is -0.505. The molecule has 0 aromatic heterocycles. The van der Waals surface area contributed by atoms with Gasteiger partial charge in [0.2, 0.25) is 0 Å². The fourth-order valence-corrected chi connectivity index (χ4v) is 2.26. The van der Waals surface area contributed by atoms with Crippen molar-refractivity contribution in [3.05, 3.63) is 0 Å². The number of amides is 2. The molecule has 1 fully saturated rings. The van der Waals surface area contributed by atoms with E-state index < -0.39 is 11.5 Å². The molecular formula is C13H25N3O3. The second-order valence-electron chi connectivity index (χ2n) is 6.03. The number of nitrogens with one attached hydrogen (secondary N) is 2. The summed E-state index contributed by atoms with van der Waals surface area (Å²) in [6.07, 6.45) is 1.59. The van der Waals surface area contributed by atoms with E-state index in [0.717, 1.165) is 19.5 Å². The summed E-state index contributed by atoms with van der Waals surface area (Å²) in [7, 11) is 2.08. The normalized spacial score (nSPS) is 20.3. The van der Waals surface area contributed by atoms with Crippen LogP contribution in [0.1, 0.15) is 33.1 Å². The molecule has 110 valence electrons. The maximum Gasteiger partial charge on any atom is 0.315 e. The molecule has 1 atom stereocenters. The topological polar surface area (TPSA) is 81.7 Å². The Morgan fingerprint density at radius 1 is 1.42 bits per heavy atom. The zero-order valence-corrected chi connectivity index (χ0v) is 12.0. The van der Waals surface area contributed by atoms with Crippen LogP contribution in [0, 0.1) is 5.92 Å². The number of likely N-dealkylation sites (tertiary alicyclic amines) is 1. The number of carboxylic acid groups (broad SMARTS) is 1. The molecule has 3 N–H and O–H groups in total. The van der Waals surface area contributed by atoms with Gasteiger partial charge in [0.25, 0.3) is 0 Å². The fraction of sp³-hybridized carbons (Fsp3) is 0.846. The molecule has 6 nitrogen and oxygen atoms in total. The number of hydrogen-bond acceptors (Lipinski definition) is 3. The molecule has 0 spiro atoms. The van der Waals surface area contributed by atoms with Crippen molar-refractivity contribution in [2.45, 2.75) is 38.6 Å². The van der Waals surface area contributed by atoms with Crippen molar-refractivity contribution in [2.75, 3.05) is 26.7 Å². The molecule has 0 aromatic carbocycles. The fourth-order valence-electron chi connectivity index (χ4n) is 2.26. The SMILES string of the molecule is CN1CCC(CNC(=O)NC(C)(C)CCC(=O)O)C1. The van der Waals surface area contributed by atoms with Gasteiger partial charge in [-0.15, -0.1) is 0 Å². The van der Waals surface area contributed by atoms with Crippen molar-refractivity contribution in [1.82, 2.24) is 15.5 Å². The highest BCUT2D eigenvalue weighted by atomic mass is 16.4. The molecule has 19 heavy (non-hydrogen) atoms. The van der Waals surface area contributed by atoms with Crippen molar-refractivity contribution in [3.8, 4) is 0 Å². The van der Waals surface area contributed by atoms with Crippen molar-refractivity contribution >= 4 is 12.0 Å². The van der Waals surface area contributed by atoms with E-state index in [1.165, 1.54) is 0 Å². The van der Waals surface area contributed by atoms with Gasteiger partial charge in [0, 0.05) is 25.0 Å². The zero-order valence-electron chi connectivity index (χ0n) is 12.0. The number of carboxylic acids is 1. The maximum atomic E-state index is 11.8. The minimum Gasteiger partial charge on any atom is -0.481 e. The Balaban J connectivity index is 2.24. The number of nitrogens with zero attached hydrogens (tertiary/aromatic N) is 1. The molecular weight excluding hydrogens is 246 g/mol. The summed E-state index contributed by atoms with van der Waals surface area (Å²) in [4.78, 5) is 24.5. The second-order valence-corrected chi connectivity index (χ2v) is 6.03. The number of urea groups is 1. The number of rotatable bonds is 6. The molecule has 0 aliphatic carbocycles. The molecule has 1 saturated heterocycles. The summed E-state index contributed by atoms with van der Waals surface area (Å²) < 4.78 is 0. The van der Waals surface area contributed by atoms with Gasteiger partial charge in [-0.3, -0.25) is 4.79 Å². The van der Waals surface area contributed by atoms with E-state index in [0.29, 0.717) is 18.9 Å². The second kappa shape index (κ2) is 6.75. The average molecular weight is 271 g/mol. The van der Waals surface area contributed by atoms with Crippen LogP contribution in [0.4, 0.5) is 4.79 Å². The van der Waals surface area contributed by atoms with Crippen molar-refractivity contribution in [3.63, 3.8) is 0 Å². The van der Waals surface area contributed by atoms with Gasteiger partial charge >= 0.3 is 12.0 Å². The first-order valence-corrected chi connectivity index (χ1v) is 6.75. The quantitative estimate of drug-likeness (QED) is 0.670. The van der Waals surface area contributed by atoms with Crippen LogP contribution in [0.5, 0.6) is 0 Å². The van der Waals surface area contributed by atoms with E-state index in [4.69, 9.17) is 5.11 Å². The van der Waals surface area contributed by atoms with Gasteiger partial charge in [-0.25, -0.2) is 4.79 Å². The monoisotopic (exact) mass is 271 g/mol. The molecule has 1 aliphatic rings. The molecule has 0 bridgehead atoms. The molecule has 6 heteroatoms. The lowest BCUT2D eigenvalue weighted by atomic mass is 9.99. The molecule has 1 aliphatic heterocycles. The van der Waals surface area contributed by atoms with Gasteiger partial charge in [-0.2, -0.15) is 0 Å². The Bertz CT molecular complexity index is 331. The van der Waals surface area contributed by atoms with E-state index in [1.807, 2.05) is 13.8 Å². The Morgan fingerprint density at radius 3 is 2.63 bits per heavy atom. The number of hydrogen-bond donors (Lipinski definition) is 3. The minimum atomic E-state index is -0.843. The van der Waals surface area contributed by atoms with Crippen molar-refractivity contribution in [2.24, 2.45) is 5.92 Å². The van der Waals surface area contributed by atoms with Gasteiger partial charge in [-0.1, -0.05) is 0 Å². The molecule has 2 amide bonds. The first-order chi connectivity index (χ1) is 8.78. The molecule has 0 aromatic rings. The van der Waals surface area contributed by atoms with Gasteiger partial charge < -0.3 is 20.6 Å². The third-order valence-corrected chi connectivity index (χ3v) is 3.46. The number of carbonyl (C=O) groups excluding carboxylic acids is 1. The van der Waals surface area contributed by atoms with E-state index in [2.05, 4.69) is 22.6 Å². The summed E-state index contributed by atoms with van der Waals surface area (Å²) in [6.45, 7) is 6.43. The lowest BCUT2D eigenvalue weighted by Crippen LogP contribution is -2.49. The number of carbonyl (C=O) groups is 2. The van der Waals surface area contributed by atoms with Crippen LogP contribution < -0.4 is 10.6 Å². The lowest BCUT2D eigenvalue weighted by molar-refractivity contribution is -0.137. The highest BCUT2D eigenvalue weighted by Gasteiger charge is 2.23. The van der Waals surface area contributed by atoms with Crippen LogP contribution in [0.2, 0.25) is 0 Å². The highest BCUT2D eigenvalue weighted by molar-refractivity contribution is 5.74. The Morgan fingerprint density at radius 2 is 2.11 bits per heavy atom. The third-order valence-electron chi connectivity index (χ3n) is 3.46. The highest BCUT2D eigenvalue weighted by Crippen LogP contribution is 2.13. The molecule has 1 unspecified atom stereocenters. The van der Waals surface area contributed by atoms with Crippen LogP contribution >= 0.6 is 0 Å². The van der Waals surface area contributed by atoms with Gasteiger partial charge in [0.15, 0.2) is 0 Å². The standard InChI is InChI=1S/C13H25N3O3/c1-13(2,6-4-11(17)18)15-12(19)14-8-10-5-7-16(3)9-10/h10H,4-9H2,1-3H3,(H,17,18)(H2,14,15,19). The van der Waals surface area contributed by atoms with E-state index in [-0.39, 0.29) is 12.5 Å². The van der Waals surface area contributed by atoms with Crippen LogP contribution in [-0.2, 0) is 4.79 Å². The van der Waals surface area contributed by atoms with Gasteiger partial charge in [0.05, 0.1) is 0 Å². The van der Waals surface area contributed by atoms with Crippen molar-refractivity contribution < 1.29 is 14.7 Å². The minimum absolute atomic E-state index is 0.0562. The van der Waals surface area contributed by atoms with Crippen LogP contribution in [0.3, 0.4) is 0 Å². The lowest BCUT2D eigenvalue weighted by Gasteiger charge is -2.26. The molecule has 0 saturated carbocycles. The zero-order chi connectivity index (χ0) is 14.5. The predicted molar refractivity (Wildman–Crippen MR) is 73.1 cm³/mol. The van der Waals surface area contributed by atoms with Gasteiger partial charge in [0.1, 0.15) is 0 Å². The van der Waals surface area contributed by atoms with E-state index >= 15 is 0 Å². The summed E-state index contributed by atoms with van der Waals surface area (Å²) >= 11 is 0. The van der Waals surface area contributed by atoms with Crippen LogP contribution in [-0.4, -0.2) is 54.2 Å². The van der Waals surface area contributed by atoms with E-state index in [1.54, 1.807) is 0 Å². The first kappa shape index (κ1) is 15.8. The molecule has 1 rings (SSSR count).